The Morgan fingerprint density at radius 1 is 1.32 bits per heavy atom. The van der Waals surface area contributed by atoms with Crippen LogP contribution in [0.1, 0.15) is 46.0 Å². The van der Waals surface area contributed by atoms with Crippen LogP contribution in [0.15, 0.2) is 29.8 Å². The molecule has 2 aromatic rings. The van der Waals surface area contributed by atoms with E-state index >= 15 is 0 Å². The molecule has 6 heteroatoms. The first-order valence-electron chi connectivity index (χ1n) is 7.03. The topological polar surface area (TPSA) is 59.1 Å². The molecule has 0 spiro atoms. The first-order valence-corrected chi connectivity index (χ1v) is 7.91. The van der Waals surface area contributed by atoms with E-state index in [1.807, 2.05) is 6.92 Å². The highest BCUT2D eigenvalue weighted by molar-refractivity contribution is 7.11. The van der Waals surface area contributed by atoms with E-state index in [-0.39, 0.29) is 30.0 Å². The Hall–Kier alpha value is -2.08. The smallest absolute Gasteiger partial charge is 0.263 e. The summed E-state index contributed by atoms with van der Waals surface area (Å²) < 4.78 is 12.8. The monoisotopic (exact) mass is 320 g/mol. The van der Waals surface area contributed by atoms with E-state index in [1.54, 1.807) is 12.4 Å². The van der Waals surface area contributed by atoms with Gasteiger partial charge in [0.25, 0.3) is 5.91 Å². The van der Waals surface area contributed by atoms with Crippen molar-refractivity contribution >= 4 is 23.0 Å². The third-order valence-corrected chi connectivity index (χ3v) is 4.09. The molecule has 0 saturated heterocycles. The third-order valence-electron chi connectivity index (χ3n) is 3.22. The number of benzene rings is 1. The highest BCUT2D eigenvalue weighted by Gasteiger charge is 2.18. The van der Waals surface area contributed by atoms with Crippen LogP contribution in [0.5, 0.6) is 0 Å². The van der Waals surface area contributed by atoms with E-state index in [9.17, 15) is 14.0 Å². The van der Waals surface area contributed by atoms with Crippen molar-refractivity contribution < 1.29 is 14.0 Å². The van der Waals surface area contributed by atoms with Gasteiger partial charge in [-0.05, 0) is 37.6 Å². The van der Waals surface area contributed by atoms with Crippen molar-refractivity contribution in [1.29, 1.82) is 0 Å². The van der Waals surface area contributed by atoms with Crippen LogP contribution in [0.25, 0.3) is 0 Å². The minimum absolute atomic E-state index is 0.132. The lowest BCUT2D eigenvalue weighted by molar-refractivity contribution is 0.0920. The zero-order chi connectivity index (χ0) is 16.1. The molecule has 1 amide bonds. The molecule has 0 bridgehead atoms. The van der Waals surface area contributed by atoms with E-state index in [0.717, 1.165) is 5.69 Å². The minimum atomic E-state index is -0.379. The molecule has 0 aliphatic rings. The molecule has 1 aromatic heterocycles. The molecule has 0 saturated carbocycles. The molecular formula is C16H17FN2O2S. The van der Waals surface area contributed by atoms with Gasteiger partial charge in [0, 0.05) is 18.0 Å². The molecule has 0 aliphatic heterocycles. The number of halogens is 1. The van der Waals surface area contributed by atoms with Crippen molar-refractivity contribution in [2.45, 2.75) is 32.7 Å². The molecular weight excluding hydrogens is 303 g/mol. The number of thiazole rings is 1. The Bertz CT molecular complexity index is 667. The summed E-state index contributed by atoms with van der Waals surface area (Å²) in [4.78, 5) is 29.0. The lowest BCUT2D eigenvalue weighted by Crippen LogP contribution is -2.34. The number of carbonyl (C=O) groups excluding carboxylic acids is 2. The van der Waals surface area contributed by atoms with Gasteiger partial charge in [-0.1, -0.05) is 6.92 Å². The molecule has 0 radical (unpaired) electrons. The Morgan fingerprint density at radius 3 is 2.64 bits per heavy atom. The average molecular weight is 320 g/mol. The van der Waals surface area contributed by atoms with Gasteiger partial charge in [-0.2, -0.15) is 0 Å². The fraction of sp³-hybridized carbons (Fsp3) is 0.312. The molecule has 1 heterocycles. The predicted octanol–water partition coefficient (Wildman–Crippen LogP) is 3.24. The second-order valence-electron chi connectivity index (χ2n) is 4.99. The SMILES string of the molecule is CCc1ncsc1C(=O)N[C@@H](C)CC(=O)c1ccc(F)cc1. The molecule has 4 nitrogen and oxygen atoms in total. The zero-order valence-electron chi connectivity index (χ0n) is 12.4. The van der Waals surface area contributed by atoms with Crippen LogP contribution in [0.2, 0.25) is 0 Å². The summed E-state index contributed by atoms with van der Waals surface area (Å²) in [6, 6.07) is 5.09. The first kappa shape index (κ1) is 16.3. The van der Waals surface area contributed by atoms with E-state index in [2.05, 4.69) is 10.3 Å². The molecule has 1 N–H and O–H groups in total. The van der Waals surface area contributed by atoms with Gasteiger partial charge in [0.2, 0.25) is 0 Å². The van der Waals surface area contributed by atoms with E-state index in [4.69, 9.17) is 0 Å². The van der Waals surface area contributed by atoms with Gasteiger partial charge in [0.05, 0.1) is 11.2 Å². The molecule has 2 rings (SSSR count). The third kappa shape index (κ3) is 3.98. The Labute approximate surface area is 132 Å². The van der Waals surface area contributed by atoms with Crippen molar-refractivity contribution in [3.05, 3.63) is 51.7 Å². The number of carbonyl (C=O) groups is 2. The van der Waals surface area contributed by atoms with Gasteiger partial charge in [0.1, 0.15) is 10.7 Å². The Morgan fingerprint density at radius 2 is 2.00 bits per heavy atom. The fourth-order valence-corrected chi connectivity index (χ4v) is 2.86. The van der Waals surface area contributed by atoms with Gasteiger partial charge in [-0.15, -0.1) is 11.3 Å². The highest BCUT2D eigenvalue weighted by atomic mass is 32.1. The lowest BCUT2D eigenvalue weighted by Gasteiger charge is -2.13. The summed E-state index contributed by atoms with van der Waals surface area (Å²) in [6.07, 6.45) is 0.854. The van der Waals surface area contributed by atoms with E-state index in [1.165, 1.54) is 35.6 Å². The largest absolute Gasteiger partial charge is 0.348 e. The number of hydrogen-bond acceptors (Lipinski definition) is 4. The normalized spacial score (nSPS) is 12.0. The quantitative estimate of drug-likeness (QED) is 0.831. The summed E-state index contributed by atoms with van der Waals surface area (Å²) in [5.74, 6) is -0.721. The first-order chi connectivity index (χ1) is 10.5. The number of Topliss-reactive ketones (excluding diaryl/α,β-unsaturated/α-hetero) is 1. The molecule has 0 fully saturated rings. The summed E-state index contributed by atoms with van der Waals surface area (Å²) in [7, 11) is 0. The van der Waals surface area contributed by atoms with Crippen molar-refractivity contribution in [3.8, 4) is 0 Å². The number of hydrogen-bond donors (Lipinski definition) is 1. The molecule has 22 heavy (non-hydrogen) atoms. The molecule has 116 valence electrons. The summed E-state index contributed by atoms with van der Waals surface area (Å²) in [5.41, 5.74) is 2.84. The highest BCUT2D eigenvalue weighted by Crippen LogP contribution is 2.14. The number of amides is 1. The number of aromatic nitrogens is 1. The maximum Gasteiger partial charge on any atom is 0.263 e. The van der Waals surface area contributed by atoms with Crippen molar-refractivity contribution in [3.63, 3.8) is 0 Å². The van der Waals surface area contributed by atoms with Gasteiger partial charge in [0.15, 0.2) is 5.78 Å². The summed E-state index contributed by atoms with van der Waals surface area (Å²) >= 11 is 1.29. The van der Waals surface area contributed by atoms with Gasteiger partial charge in [-0.3, -0.25) is 9.59 Å². The second kappa shape index (κ2) is 7.26. The maximum absolute atomic E-state index is 12.8. The number of nitrogens with zero attached hydrogens (tertiary/aromatic N) is 1. The van der Waals surface area contributed by atoms with Crippen molar-refractivity contribution in [2.75, 3.05) is 0 Å². The average Bonchev–Trinajstić information content (AvgIpc) is 2.96. The standard InChI is InChI=1S/C16H17FN2O2S/c1-3-13-15(22-9-18-13)16(21)19-10(2)8-14(20)11-4-6-12(17)7-5-11/h4-7,9-10H,3,8H2,1-2H3,(H,19,21)/t10-/m0/s1. The van der Waals surface area contributed by atoms with E-state index in [0.29, 0.717) is 16.9 Å². The van der Waals surface area contributed by atoms with Crippen molar-refractivity contribution in [2.24, 2.45) is 0 Å². The van der Waals surface area contributed by atoms with Crippen LogP contribution in [0.4, 0.5) is 4.39 Å². The summed E-state index contributed by atoms with van der Waals surface area (Å²) in [6.45, 7) is 3.71. The van der Waals surface area contributed by atoms with Crippen LogP contribution in [-0.2, 0) is 6.42 Å². The Balaban J connectivity index is 1.95. The number of nitrogens with one attached hydrogen (secondary N) is 1. The molecule has 0 aliphatic carbocycles. The number of aryl methyl sites for hydroxylation is 1. The van der Waals surface area contributed by atoms with Crippen LogP contribution >= 0.6 is 11.3 Å². The fourth-order valence-electron chi connectivity index (χ4n) is 2.08. The van der Waals surface area contributed by atoms with Crippen LogP contribution < -0.4 is 5.32 Å². The molecule has 1 aromatic carbocycles. The van der Waals surface area contributed by atoms with Gasteiger partial charge in [-0.25, -0.2) is 9.37 Å². The number of rotatable bonds is 6. The van der Waals surface area contributed by atoms with Crippen LogP contribution in [0.3, 0.4) is 0 Å². The summed E-state index contributed by atoms with van der Waals surface area (Å²) in [5, 5.41) is 2.81. The van der Waals surface area contributed by atoms with Crippen LogP contribution in [-0.4, -0.2) is 22.7 Å². The molecule has 1 atom stereocenters. The van der Waals surface area contributed by atoms with Gasteiger partial charge < -0.3 is 5.32 Å². The Kier molecular flexibility index (Phi) is 5.38. The minimum Gasteiger partial charge on any atom is -0.348 e. The predicted molar refractivity (Wildman–Crippen MR) is 83.8 cm³/mol. The van der Waals surface area contributed by atoms with Crippen LogP contribution in [0, 0.1) is 5.82 Å². The molecule has 0 unspecified atom stereocenters. The number of ketones is 1. The second-order valence-corrected chi connectivity index (χ2v) is 5.85. The van der Waals surface area contributed by atoms with Gasteiger partial charge >= 0.3 is 0 Å². The zero-order valence-corrected chi connectivity index (χ0v) is 13.2. The van der Waals surface area contributed by atoms with Crippen molar-refractivity contribution in [1.82, 2.24) is 10.3 Å². The van der Waals surface area contributed by atoms with E-state index < -0.39 is 0 Å². The lowest BCUT2D eigenvalue weighted by atomic mass is 10.0. The maximum atomic E-state index is 12.8.